The van der Waals surface area contributed by atoms with Crippen LogP contribution in [0.4, 0.5) is 0 Å². The van der Waals surface area contributed by atoms with Crippen LogP contribution in [0.25, 0.3) is 10.8 Å². The van der Waals surface area contributed by atoms with E-state index >= 15 is 0 Å². The second kappa shape index (κ2) is 11.7. The Balaban J connectivity index is 1.51. The highest BCUT2D eigenvalue weighted by molar-refractivity contribution is 5.85. The van der Waals surface area contributed by atoms with Gasteiger partial charge in [-0.25, -0.2) is 0 Å². The van der Waals surface area contributed by atoms with Crippen molar-refractivity contribution in [1.82, 2.24) is 0 Å². The quantitative estimate of drug-likeness (QED) is 0.357. The average molecular weight is 437 g/mol. The van der Waals surface area contributed by atoms with E-state index < -0.39 is 18.2 Å². The Labute approximate surface area is 189 Å². The first-order valence-electron chi connectivity index (χ1n) is 11.4. The molecule has 0 saturated heterocycles. The molecule has 1 aliphatic rings. The molecule has 0 heterocycles. The maximum atomic E-state index is 12.3. The second-order valence-corrected chi connectivity index (χ2v) is 8.59. The van der Waals surface area contributed by atoms with Crippen LogP contribution in [0.1, 0.15) is 44.1 Å². The maximum Gasteiger partial charge on any atom is 0.303 e. The lowest BCUT2D eigenvalue weighted by molar-refractivity contribution is -0.137. The van der Waals surface area contributed by atoms with Crippen molar-refractivity contribution < 1.29 is 24.9 Å². The van der Waals surface area contributed by atoms with E-state index in [1.165, 1.54) is 10.8 Å². The number of carbonyl (C=O) groups is 2. The van der Waals surface area contributed by atoms with E-state index in [9.17, 15) is 19.8 Å². The molecule has 1 saturated carbocycles. The molecule has 0 aliphatic heterocycles. The van der Waals surface area contributed by atoms with Gasteiger partial charge in [0, 0.05) is 24.7 Å². The van der Waals surface area contributed by atoms with Gasteiger partial charge in [-0.2, -0.15) is 0 Å². The number of ketones is 1. The fourth-order valence-electron chi connectivity index (χ4n) is 4.32. The van der Waals surface area contributed by atoms with E-state index in [1.54, 1.807) is 12.2 Å². The van der Waals surface area contributed by atoms with Crippen LogP contribution >= 0.6 is 0 Å². The van der Waals surface area contributed by atoms with Crippen LogP contribution in [0, 0.1) is 11.8 Å². The van der Waals surface area contributed by atoms with Crippen LogP contribution in [-0.4, -0.2) is 39.3 Å². The van der Waals surface area contributed by atoms with Gasteiger partial charge in [0.05, 0.1) is 12.2 Å². The van der Waals surface area contributed by atoms with Gasteiger partial charge in [0.25, 0.3) is 0 Å². The Kier molecular flexibility index (Phi) is 8.77. The summed E-state index contributed by atoms with van der Waals surface area (Å²) in [5.74, 6) is -1.38. The molecule has 2 aromatic carbocycles. The summed E-state index contributed by atoms with van der Waals surface area (Å²) in [6, 6.07) is 14.5. The van der Waals surface area contributed by atoms with Gasteiger partial charge in [-0.3, -0.25) is 9.59 Å². The van der Waals surface area contributed by atoms with E-state index in [-0.39, 0.29) is 30.5 Å². The fourth-order valence-corrected chi connectivity index (χ4v) is 4.32. The van der Waals surface area contributed by atoms with Crippen LogP contribution in [-0.2, 0) is 16.0 Å². The monoisotopic (exact) mass is 436 g/mol. The molecule has 2 aromatic rings. The molecule has 0 amide bonds. The predicted molar refractivity (Wildman–Crippen MR) is 125 cm³/mol. The molecule has 0 radical (unpaired) electrons. The lowest BCUT2D eigenvalue weighted by Crippen LogP contribution is -2.19. The molecular weight excluding hydrogens is 404 g/mol. The van der Waals surface area contributed by atoms with Crippen LogP contribution in [0.15, 0.2) is 66.8 Å². The minimum absolute atomic E-state index is 0.0352. The molecule has 170 valence electrons. The van der Waals surface area contributed by atoms with Gasteiger partial charge >= 0.3 is 5.97 Å². The van der Waals surface area contributed by atoms with Crippen molar-refractivity contribution in [2.75, 3.05) is 0 Å². The van der Waals surface area contributed by atoms with E-state index in [4.69, 9.17) is 5.11 Å². The Hall–Kier alpha value is -2.76. The molecule has 0 bridgehead atoms. The van der Waals surface area contributed by atoms with Crippen LogP contribution < -0.4 is 0 Å². The van der Waals surface area contributed by atoms with Crippen molar-refractivity contribution in [3.63, 3.8) is 0 Å². The van der Waals surface area contributed by atoms with Crippen LogP contribution in [0.3, 0.4) is 0 Å². The molecule has 0 spiro atoms. The third kappa shape index (κ3) is 6.87. The van der Waals surface area contributed by atoms with E-state index in [0.717, 1.165) is 12.0 Å². The first-order chi connectivity index (χ1) is 15.4. The summed E-state index contributed by atoms with van der Waals surface area (Å²) >= 11 is 0. The molecule has 4 atom stereocenters. The third-order valence-corrected chi connectivity index (χ3v) is 6.15. The third-order valence-electron chi connectivity index (χ3n) is 6.15. The standard InChI is InChI=1S/C27H32O5/c28-22(14-12-19-11-13-20-7-5-6-8-21(20)17-19)15-16-24-23(25(29)18-26(24)30)9-3-1-2-4-10-27(31)32/h1,3,5-8,11,13,15-17,22-24,26,28,30H,2,4,9-10,12,14,18H2,(H,31,32)/b3-1-,16-15+/t22-,23+,24+,26+/m0/s1. The number of unbranched alkanes of at least 4 members (excludes halogenated alkanes) is 1. The summed E-state index contributed by atoms with van der Waals surface area (Å²) in [6.07, 6.45) is 9.27. The van der Waals surface area contributed by atoms with Gasteiger partial charge in [-0.15, -0.1) is 0 Å². The minimum atomic E-state index is -0.808. The number of Topliss-reactive ketones (excluding diaryl/α,β-unsaturated/α-hetero) is 1. The van der Waals surface area contributed by atoms with Crippen molar-refractivity contribution in [2.45, 2.75) is 57.2 Å². The largest absolute Gasteiger partial charge is 0.481 e. The Morgan fingerprint density at radius 2 is 1.91 bits per heavy atom. The van der Waals surface area contributed by atoms with Gasteiger partial charge in [-0.05, 0) is 48.4 Å². The minimum Gasteiger partial charge on any atom is -0.481 e. The predicted octanol–water partition coefficient (Wildman–Crippen LogP) is 4.46. The van der Waals surface area contributed by atoms with E-state index in [1.807, 2.05) is 24.3 Å². The summed E-state index contributed by atoms with van der Waals surface area (Å²) in [5, 5.41) is 31.8. The zero-order valence-corrected chi connectivity index (χ0v) is 18.3. The normalized spacial score (nSPS) is 22.3. The number of aliphatic carboxylic acids is 1. The van der Waals surface area contributed by atoms with Crippen LogP contribution in [0.2, 0.25) is 0 Å². The zero-order chi connectivity index (χ0) is 22.9. The maximum absolute atomic E-state index is 12.3. The Bertz CT molecular complexity index is 977. The second-order valence-electron chi connectivity index (χ2n) is 8.59. The molecule has 1 fully saturated rings. The molecule has 5 nitrogen and oxygen atoms in total. The average Bonchev–Trinajstić information content (AvgIpc) is 3.04. The SMILES string of the molecule is O=C(O)CCC/C=C\C[C@H]1C(=O)C[C@@H](O)[C@@H]1/C=C/[C@@H](O)CCc1ccc2ccccc2c1. The first-order valence-corrected chi connectivity index (χ1v) is 11.4. The summed E-state index contributed by atoms with van der Waals surface area (Å²) in [6.45, 7) is 0. The highest BCUT2D eigenvalue weighted by atomic mass is 16.4. The number of rotatable bonds is 11. The van der Waals surface area contributed by atoms with Crippen LogP contribution in [0.5, 0.6) is 0 Å². The molecule has 3 rings (SSSR count). The summed E-state index contributed by atoms with van der Waals surface area (Å²) in [4.78, 5) is 22.8. The van der Waals surface area contributed by atoms with Crippen molar-refractivity contribution in [3.8, 4) is 0 Å². The van der Waals surface area contributed by atoms with Gasteiger partial charge < -0.3 is 15.3 Å². The van der Waals surface area contributed by atoms with E-state index in [2.05, 4.69) is 30.3 Å². The number of benzene rings is 2. The fraction of sp³-hybridized carbons (Fsp3) is 0.407. The zero-order valence-electron chi connectivity index (χ0n) is 18.3. The van der Waals surface area contributed by atoms with Gasteiger partial charge in [0.2, 0.25) is 0 Å². The molecule has 0 aromatic heterocycles. The topological polar surface area (TPSA) is 94.8 Å². The van der Waals surface area contributed by atoms with Gasteiger partial charge in [0.1, 0.15) is 5.78 Å². The lowest BCUT2D eigenvalue weighted by Gasteiger charge is -2.16. The van der Waals surface area contributed by atoms with E-state index in [0.29, 0.717) is 25.7 Å². The number of hydrogen-bond acceptors (Lipinski definition) is 4. The number of aliphatic hydroxyl groups excluding tert-OH is 2. The number of aliphatic hydroxyl groups is 2. The molecule has 5 heteroatoms. The first kappa shape index (κ1) is 23.9. The summed E-state index contributed by atoms with van der Waals surface area (Å²) in [5.41, 5.74) is 1.16. The molecule has 32 heavy (non-hydrogen) atoms. The molecular formula is C27H32O5. The number of allylic oxidation sites excluding steroid dienone is 2. The van der Waals surface area contributed by atoms with Gasteiger partial charge in [-0.1, -0.05) is 66.8 Å². The highest BCUT2D eigenvalue weighted by Gasteiger charge is 2.39. The van der Waals surface area contributed by atoms with Crippen molar-refractivity contribution >= 4 is 22.5 Å². The van der Waals surface area contributed by atoms with Crippen molar-refractivity contribution in [3.05, 3.63) is 72.3 Å². The number of hydrogen-bond donors (Lipinski definition) is 3. The number of carboxylic acids is 1. The number of carboxylic acid groups (broad SMARTS) is 1. The van der Waals surface area contributed by atoms with Gasteiger partial charge in [0.15, 0.2) is 0 Å². The molecule has 3 N–H and O–H groups in total. The number of aryl methyl sites for hydroxylation is 1. The highest BCUT2D eigenvalue weighted by Crippen LogP contribution is 2.33. The Morgan fingerprint density at radius 1 is 1.12 bits per heavy atom. The lowest BCUT2D eigenvalue weighted by atomic mass is 9.90. The molecule has 0 unspecified atom stereocenters. The number of fused-ring (bicyclic) bond motifs is 1. The van der Waals surface area contributed by atoms with Crippen molar-refractivity contribution in [2.24, 2.45) is 11.8 Å². The summed E-state index contributed by atoms with van der Waals surface area (Å²) < 4.78 is 0. The smallest absolute Gasteiger partial charge is 0.303 e. The molecule has 1 aliphatic carbocycles. The Morgan fingerprint density at radius 3 is 2.69 bits per heavy atom. The number of carbonyl (C=O) groups excluding carboxylic acids is 1. The summed E-state index contributed by atoms with van der Waals surface area (Å²) in [7, 11) is 0. The van der Waals surface area contributed by atoms with Crippen molar-refractivity contribution in [1.29, 1.82) is 0 Å².